The number of benzene rings is 2. The Kier molecular flexibility index (Phi) is 6.56. The van der Waals surface area contributed by atoms with Crippen LogP contribution in [0.15, 0.2) is 48.5 Å². The van der Waals surface area contributed by atoms with Gasteiger partial charge in [0.2, 0.25) is 0 Å². The molecular formula is C17H19ClN2O3. The molecule has 2 N–H and O–H groups in total. The van der Waals surface area contributed by atoms with Crippen LogP contribution >= 0.6 is 11.6 Å². The SMILES string of the molecule is COc1ccccc1CCNC(=O)NCOc1ccc(Cl)cc1. The molecule has 0 unspecified atom stereocenters. The Hall–Kier alpha value is -2.40. The summed E-state index contributed by atoms with van der Waals surface area (Å²) in [7, 11) is 1.63. The number of hydrogen-bond acceptors (Lipinski definition) is 3. The number of carbonyl (C=O) groups is 1. The maximum atomic E-state index is 11.7. The minimum atomic E-state index is -0.283. The molecule has 0 bridgehead atoms. The quantitative estimate of drug-likeness (QED) is 0.764. The monoisotopic (exact) mass is 334 g/mol. The van der Waals surface area contributed by atoms with Crippen molar-refractivity contribution in [2.24, 2.45) is 0 Å². The average molecular weight is 335 g/mol. The third-order valence-electron chi connectivity index (χ3n) is 3.16. The standard InChI is InChI=1S/C17H19ClN2O3/c1-22-16-5-3-2-4-13(16)10-11-19-17(21)20-12-23-15-8-6-14(18)7-9-15/h2-9H,10-12H2,1H3,(H2,19,20,21). The molecule has 2 aromatic rings. The highest BCUT2D eigenvalue weighted by Gasteiger charge is 2.03. The van der Waals surface area contributed by atoms with Crippen molar-refractivity contribution < 1.29 is 14.3 Å². The average Bonchev–Trinajstić information content (AvgIpc) is 2.57. The Morgan fingerprint density at radius 1 is 1.09 bits per heavy atom. The van der Waals surface area contributed by atoms with Gasteiger partial charge in [-0.3, -0.25) is 0 Å². The molecule has 0 aliphatic rings. The summed E-state index contributed by atoms with van der Waals surface area (Å²) >= 11 is 5.78. The van der Waals surface area contributed by atoms with Crippen LogP contribution in [0.3, 0.4) is 0 Å². The second kappa shape index (κ2) is 8.90. The van der Waals surface area contributed by atoms with E-state index in [1.807, 2.05) is 24.3 Å². The zero-order valence-electron chi connectivity index (χ0n) is 12.8. The van der Waals surface area contributed by atoms with Crippen molar-refractivity contribution >= 4 is 17.6 Å². The van der Waals surface area contributed by atoms with Gasteiger partial charge in [-0.05, 0) is 42.3 Å². The summed E-state index contributed by atoms with van der Waals surface area (Å²) in [6, 6.07) is 14.4. The lowest BCUT2D eigenvalue weighted by molar-refractivity contribution is 0.224. The lowest BCUT2D eigenvalue weighted by atomic mass is 10.1. The Labute approximate surface area is 140 Å². The van der Waals surface area contributed by atoms with E-state index in [1.54, 1.807) is 31.4 Å². The predicted molar refractivity (Wildman–Crippen MR) is 90.2 cm³/mol. The van der Waals surface area contributed by atoms with Crippen molar-refractivity contribution in [2.45, 2.75) is 6.42 Å². The van der Waals surface area contributed by atoms with Crippen molar-refractivity contribution in [3.8, 4) is 11.5 Å². The van der Waals surface area contributed by atoms with E-state index in [9.17, 15) is 4.79 Å². The Morgan fingerprint density at radius 2 is 1.83 bits per heavy atom. The molecule has 0 atom stereocenters. The van der Waals surface area contributed by atoms with E-state index in [4.69, 9.17) is 21.1 Å². The first-order valence-corrected chi connectivity index (χ1v) is 7.59. The summed E-state index contributed by atoms with van der Waals surface area (Å²) in [5.41, 5.74) is 1.05. The smallest absolute Gasteiger partial charge is 0.317 e. The van der Waals surface area contributed by atoms with Gasteiger partial charge in [-0.25, -0.2) is 4.79 Å². The summed E-state index contributed by atoms with van der Waals surface area (Å²) in [6.07, 6.45) is 0.690. The van der Waals surface area contributed by atoms with E-state index < -0.39 is 0 Å². The molecule has 0 aliphatic heterocycles. The van der Waals surface area contributed by atoms with Crippen LogP contribution in [0.25, 0.3) is 0 Å². The van der Waals surface area contributed by atoms with Crippen LogP contribution in [-0.2, 0) is 6.42 Å². The van der Waals surface area contributed by atoms with Gasteiger partial charge in [0, 0.05) is 11.6 Å². The first kappa shape index (κ1) is 17.0. The molecule has 23 heavy (non-hydrogen) atoms. The first-order chi connectivity index (χ1) is 11.2. The Balaban J connectivity index is 1.66. The molecule has 0 radical (unpaired) electrons. The molecule has 0 aliphatic carbocycles. The maximum Gasteiger partial charge on any atom is 0.317 e. The molecule has 2 aromatic carbocycles. The number of amides is 2. The summed E-state index contributed by atoms with van der Waals surface area (Å²) < 4.78 is 10.6. The largest absolute Gasteiger partial charge is 0.496 e. The molecule has 0 saturated carbocycles. The second-order valence-corrected chi connectivity index (χ2v) is 5.17. The minimum absolute atomic E-state index is 0.0854. The van der Waals surface area contributed by atoms with Crippen molar-refractivity contribution in [1.82, 2.24) is 10.6 Å². The number of methoxy groups -OCH3 is 1. The summed E-state index contributed by atoms with van der Waals surface area (Å²) in [6.45, 7) is 0.593. The molecule has 2 rings (SSSR count). The number of carbonyl (C=O) groups excluding carboxylic acids is 1. The normalized spacial score (nSPS) is 10.0. The van der Waals surface area contributed by atoms with Crippen LogP contribution in [0.4, 0.5) is 4.79 Å². The molecule has 0 fully saturated rings. The van der Waals surface area contributed by atoms with Crippen molar-refractivity contribution in [3.05, 3.63) is 59.1 Å². The number of halogens is 1. The van der Waals surface area contributed by atoms with Crippen molar-refractivity contribution in [3.63, 3.8) is 0 Å². The van der Waals surface area contributed by atoms with E-state index in [0.29, 0.717) is 23.7 Å². The van der Waals surface area contributed by atoms with Gasteiger partial charge < -0.3 is 20.1 Å². The van der Waals surface area contributed by atoms with E-state index in [2.05, 4.69) is 10.6 Å². The fourth-order valence-electron chi connectivity index (χ4n) is 2.00. The molecule has 0 saturated heterocycles. The third kappa shape index (κ3) is 5.71. The number of para-hydroxylation sites is 1. The van der Waals surface area contributed by atoms with Gasteiger partial charge >= 0.3 is 6.03 Å². The lowest BCUT2D eigenvalue weighted by Crippen LogP contribution is -2.38. The number of hydrogen-bond donors (Lipinski definition) is 2. The summed E-state index contributed by atoms with van der Waals surface area (Å²) in [5.74, 6) is 1.46. The van der Waals surface area contributed by atoms with Crippen LogP contribution in [0.2, 0.25) is 5.02 Å². The third-order valence-corrected chi connectivity index (χ3v) is 3.41. The molecule has 122 valence electrons. The predicted octanol–water partition coefficient (Wildman–Crippen LogP) is 3.23. The van der Waals surface area contributed by atoms with Gasteiger partial charge in [-0.1, -0.05) is 29.8 Å². The van der Waals surface area contributed by atoms with Gasteiger partial charge in [0.05, 0.1) is 7.11 Å². The van der Waals surface area contributed by atoms with Gasteiger partial charge in [0.1, 0.15) is 11.5 Å². The van der Waals surface area contributed by atoms with Crippen LogP contribution in [0.1, 0.15) is 5.56 Å². The summed E-state index contributed by atoms with van der Waals surface area (Å²) in [4.78, 5) is 11.7. The lowest BCUT2D eigenvalue weighted by Gasteiger charge is -2.11. The van der Waals surface area contributed by atoms with Crippen molar-refractivity contribution in [2.75, 3.05) is 20.4 Å². The van der Waals surface area contributed by atoms with Gasteiger partial charge in [-0.15, -0.1) is 0 Å². The molecule has 2 amide bonds. The number of rotatable bonds is 7. The number of urea groups is 1. The van der Waals surface area contributed by atoms with Crippen LogP contribution in [0, 0.1) is 0 Å². The number of ether oxygens (including phenoxy) is 2. The Bertz CT molecular complexity index is 632. The van der Waals surface area contributed by atoms with E-state index in [-0.39, 0.29) is 12.8 Å². The highest BCUT2D eigenvalue weighted by molar-refractivity contribution is 6.30. The van der Waals surface area contributed by atoms with E-state index in [1.165, 1.54) is 0 Å². The molecule has 0 heterocycles. The second-order valence-electron chi connectivity index (χ2n) is 4.74. The highest BCUT2D eigenvalue weighted by Crippen LogP contribution is 2.17. The Morgan fingerprint density at radius 3 is 2.57 bits per heavy atom. The van der Waals surface area contributed by atoms with Gasteiger partial charge in [0.25, 0.3) is 0 Å². The topological polar surface area (TPSA) is 59.6 Å². The molecule has 0 aromatic heterocycles. The van der Waals surface area contributed by atoms with Crippen LogP contribution < -0.4 is 20.1 Å². The minimum Gasteiger partial charge on any atom is -0.496 e. The maximum absolute atomic E-state index is 11.7. The van der Waals surface area contributed by atoms with Crippen LogP contribution in [-0.4, -0.2) is 26.4 Å². The van der Waals surface area contributed by atoms with E-state index in [0.717, 1.165) is 11.3 Å². The molecule has 5 nitrogen and oxygen atoms in total. The zero-order chi connectivity index (χ0) is 16.5. The van der Waals surface area contributed by atoms with Crippen LogP contribution in [0.5, 0.6) is 11.5 Å². The fraction of sp³-hybridized carbons (Fsp3) is 0.235. The van der Waals surface area contributed by atoms with Gasteiger partial charge in [-0.2, -0.15) is 0 Å². The van der Waals surface area contributed by atoms with E-state index >= 15 is 0 Å². The molecule has 6 heteroatoms. The molecular weight excluding hydrogens is 316 g/mol. The first-order valence-electron chi connectivity index (χ1n) is 7.21. The zero-order valence-corrected chi connectivity index (χ0v) is 13.6. The summed E-state index contributed by atoms with van der Waals surface area (Å²) in [5, 5.41) is 6.03. The fourth-order valence-corrected chi connectivity index (χ4v) is 2.12. The number of nitrogens with one attached hydrogen (secondary N) is 2. The van der Waals surface area contributed by atoms with Crippen molar-refractivity contribution in [1.29, 1.82) is 0 Å². The van der Waals surface area contributed by atoms with Gasteiger partial charge in [0.15, 0.2) is 6.73 Å². The highest BCUT2D eigenvalue weighted by atomic mass is 35.5. The molecule has 0 spiro atoms.